The number of aromatic nitrogens is 2. The summed E-state index contributed by atoms with van der Waals surface area (Å²) < 4.78 is 8.04. The molecule has 3 aromatic rings. The van der Waals surface area contributed by atoms with Crippen LogP contribution in [0.5, 0.6) is 5.88 Å². The highest BCUT2D eigenvalue weighted by Gasteiger charge is 2.15. The summed E-state index contributed by atoms with van der Waals surface area (Å²) in [5, 5.41) is 4.73. The summed E-state index contributed by atoms with van der Waals surface area (Å²) in [6.07, 6.45) is 3.07. The van der Waals surface area contributed by atoms with Gasteiger partial charge in [0.1, 0.15) is 0 Å². The molecule has 0 atom stereocenters. The first-order valence-electron chi connectivity index (χ1n) is 10.0. The van der Waals surface area contributed by atoms with E-state index in [1.54, 1.807) is 0 Å². The van der Waals surface area contributed by atoms with Gasteiger partial charge in [-0.3, -0.25) is 0 Å². The summed E-state index contributed by atoms with van der Waals surface area (Å²) >= 11 is 0. The molecule has 146 valence electrons. The van der Waals surface area contributed by atoms with Crippen molar-refractivity contribution >= 4 is 0 Å². The van der Waals surface area contributed by atoms with E-state index in [9.17, 15) is 0 Å². The topological polar surface area (TPSA) is 33.5 Å². The molecule has 2 heterocycles. The molecule has 5 heteroatoms. The molecule has 0 spiro atoms. The Morgan fingerprint density at radius 1 is 0.893 bits per heavy atom. The van der Waals surface area contributed by atoms with Gasteiger partial charge in [-0.05, 0) is 31.2 Å². The Bertz CT molecular complexity index is 855. The summed E-state index contributed by atoms with van der Waals surface area (Å²) in [4.78, 5) is 4.90. The molecule has 0 radical (unpaired) electrons. The Morgan fingerprint density at radius 3 is 2.29 bits per heavy atom. The van der Waals surface area contributed by atoms with Crippen LogP contribution in [0.15, 0.2) is 66.9 Å². The molecule has 2 aromatic carbocycles. The Kier molecular flexibility index (Phi) is 6.04. The van der Waals surface area contributed by atoms with E-state index in [0.29, 0.717) is 12.5 Å². The Morgan fingerprint density at radius 2 is 1.57 bits per heavy atom. The number of benzene rings is 2. The third-order valence-corrected chi connectivity index (χ3v) is 5.24. The molecule has 0 amide bonds. The van der Waals surface area contributed by atoms with Crippen LogP contribution in [0, 0.1) is 0 Å². The standard InChI is InChI=1S/C23H28N4O/c1-25-14-16-26(17-15-25)13-8-18-28-23-22(20-9-4-2-5-10-20)19-27(24-23)21-11-6-3-7-12-21/h2-7,9-12,19H,8,13-18H2,1H3. The number of para-hydroxylation sites is 1. The zero-order chi connectivity index (χ0) is 19.2. The highest BCUT2D eigenvalue weighted by molar-refractivity contribution is 5.68. The summed E-state index contributed by atoms with van der Waals surface area (Å²) in [5.41, 5.74) is 3.19. The average Bonchev–Trinajstić information content (AvgIpc) is 3.18. The van der Waals surface area contributed by atoms with Crippen LogP contribution in [0.25, 0.3) is 16.8 Å². The van der Waals surface area contributed by atoms with Crippen molar-refractivity contribution in [1.29, 1.82) is 0 Å². The molecule has 5 nitrogen and oxygen atoms in total. The lowest BCUT2D eigenvalue weighted by atomic mass is 10.1. The van der Waals surface area contributed by atoms with Gasteiger partial charge in [0.2, 0.25) is 5.88 Å². The van der Waals surface area contributed by atoms with Crippen LogP contribution in [0.3, 0.4) is 0 Å². The third kappa shape index (κ3) is 4.61. The number of hydrogen-bond acceptors (Lipinski definition) is 4. The van der Waals surface area contributed by atoms with Gasteiger partial charge in [-0.15, -0.1) is 5.10 Å². The van der Waals surface area contributed by atoms with Gasteiger partial charge in [-0.1, -0.05) is 48.5 Å². The molecule has 0 saturated carbocycles. The van der Waals surface area contributed by atoms with Gasteiger partial charge in [-0.2, -0.15) is 0 Å². The van der Waals surface area contributed by atoms with Crippen molar-refractivity contribution < 1.29 is 4.74 Å². The lowest BCUT2D eigenvalue weighted by Crippen LogP contribution is -2.44. The fourth-order valence-electron chi connectivity index (χ4n) is 3.52. The van der Waals surface area contributed by atoms with Crippen molar-refractivity contribution in [2.75, 3.05) is 46.4 Å². The molecule has 0 unspecified atom stereocenters. The van der Waals surface area contributed by atoms with Crippen molar-refractivity contribution in [3.05, 3.63) is 66.9 Å². The third-order valence-electron chi connectivity index (χ3n) is 5.24. The van der Waals surface area contributed by atoms with E-state index in [0.717, 1.165) is 56.0 Å². The smallest absolute Gasteiger partial charge is 0.241 e. The predicted molar refractivity (Wildman–Crippen MR) is 113 cm³/mol. The molecular formula is C23H28N4O. The maximum absolute atomic E-state index is 6.14. The molecule has 4 rings (SSSR count). The minimum atomic E-state index is 0.679. The lowest BCUT2D eigenvalue weighted by molar-refractivity contribution is 0.145. The first kappa shape index (κ1) is 18.7. The molecule has 1 aliphatic heterocycles. The number of likely N-dealkylation sites (N-methyl/N-ethyl adjacent to an activating group) is 1. The van der Waals surface area contributed by atoms with Crippen LogP contribution in [0.4, 0.5) is 0 Å². The largest absolute Gasteiger partial charge is 0.476 e. The second kappa shape index (κ2) is 9.04. The van der Waals surface area contributed by atoms with Gasteiger partial charge in [0, 0.05) is 38.9 Å². The molecule has 1 aromatic heterocycles. The quantitative estimate of drug-likeness (QED) is 0.591. The molecule has 0 aliphatic carbocycles. The van der Waals surface area contributed by atoms with Gasteiger partial charge < -0.3 is 14.5 Å². The fourth-order valence-corrected chi connectivity index (χ4v) is 3.52. The van der Waals surface area contributed by atoms with Crippen LogP contribution >= 0.6 is 0 Å². The highest BCUT2D eigenvalue weighted by atomic mass is 16.5. The van der Waals surface area contributed by atoms with Crippen LogP contribution in [-0.2, 0) is 0 Å². The monoisotopic (exact) mass is 376 g/mol. The van der Waals surface area contributed by atoms with Crippen molar-refractivity contribution in [2.45, 2.75) is 6.42 Å². The molecule has 28 heavy (non-hydrogen) atoms. The molecular weight excluding hydrogens is 348 g/mol. The molecule has 1 saturated heterocycles. The number of rotatable bonds is 7. The Hall–Kier alpha value is -2.63. The minimum absolute atomic E-state index is 0.679. The predicted octanol–water partition coefficient (Wildman–Crippen LogP) is 3.56. The van der Waals surface area contributed by atoms with E-state index in [-0.39, 0.29) is 0 Å². The van der Waals surface area contributed by atoms with Crippen molar-refractivity contribution in [2.24, 2.45) is 0 Å². The first-order valence-corrected chi connectivity index (χ1v) is 10.0. The minimum Gasteiger partial charge on any atom is -0.476 e. The molecule has 1 fully saturated rings. The van der Waals surface area contributed by atoms with Gasteiger partial charge in [-0.25, -0.2) is 4.68 Å². The van der Waals surface area contributed by atoms with E-state index in [4.69, 9.17) is 9.84 Å². The van der Waals surface area contributed by atoms with Crippen LogP contribution < -0.4 is 4.74 Å². The van der Waals surface area contributed by atoms with E-state index in [1.807, 2.05) is 41.1 Å². The summed E-state index contributed by atoms with van der Waals surface area (Å²) in [6.45, 7) is 6.36. The highest BCUT2D eigenvalue weighted by Crippen LogP contribution is 2.30. The van der Waals surface area contributed by atoms with E-state index >= 15 is 0 Å². The first-order chi connectivity index (χ1) is 13.8. The second-order valence-corrected chi connectivity index (χ2v) is 7.34. The Balaban J connectivity index is 1.44. The van der Waals surface area contributed by atoms with Gasteiger partial charge >= 0.3 is 0 Å². The van der Waals surface area contributed by atoms with Crippen molar-refractivity contribution in [3.63, 3.8) is 0 Å². The van der Waals surface area contributed by atoms with E-state index in [2.05, 4.69) is 47.3 Å². The van der Waals surface area contributed by atoms with Crippen molar-refractivity contribution in [3.8, 4) is 22.7 Å². The van der Waals surface area contributed by atoms with Crippen LogP contribution in [0.1, 0.15) is 6.42 Å². The lowest BCUT2D eigenvalue weighted by Gasteiger charge is -2.32. The Labute approximate surface area is 167 Å². The van der Waals surface area contributed by atoms with Gasteiger partial charge in [0.25, 0.3) is 0 Å². The summed E-state index contributed by atoms with van der Waals surface area (Å²) in [7, 11) is 2.19. The van der Waals surface area contributed by atoms with Crippen LogP contribution in [0.2, 0.25) is 0 Å². The molecule has 0 N–H and O–H groups in total. The maximum Gasteiger partial charge on any atom is 0.241 e. The summed E-state index contributed by atoms with van der Waals surface area (Å²) in [6, 6.07) is 20.5. The van der Waals surface area contributed by atoms with Crippen LogP contribution in [-0.4, -0.2) is 66.0 Å². The maximum atomic E-state index is 6.14. The SMILES string of the molecule is CN1CCN(CCCOc2nn(-c3ccccc3)cc2-c2ccccc2)CC1. The number of hydrogen-bond donors (Lipinski definition) is 0. The van der Waals surface area contributed by atoms with Crippen molar-refractivity contribution in [1.82, 2.24) is 19.6 Å². The zero-order valence-electron chi connectivity index (χ0n) is 16.5. The number of nitrogens with zero attached hydrogens (tertiary/aromatic N) is 4. The average molecular weight is 377 g/mol. The van der Waals surface area contributed by atoms with E-state index < -0.39 is 0 Å². The van der Waals surface area contributed by atoms with E-state index in [1.165, 1.54) is 0 Å². The normalized spacial score (nSPS) is 15.6. The van der Waals surface area contributed by atoms with Gasteiger partial charge in [0.15, 0.2) is 0 Å². The second-order valence-electron chi connectivity index (χ2n) is 7.34. The number of piperazine rings is 1. The number of ether oxygens (including phenoxy) is 1. The molecule has 1 aliphatic rings. The van der Waals surface area contributed by atoms with Gasteiger partial charge in [0.05, 0.1) is 17.9 Å². The zero-order valence-corrected chi connectivity index (χ0v) is 16.5. The fraction of sp³-hybridized carbons (Fsp3) is 0.348. The molecule has 0 bridgehead atoms. The summed E-state index contributed by atoms with van der Waals surface area (Å²) in [5.74, 6) is 0.702.